The monoisotopic (exact) mass is 346 g/mol. The van der Waals surface area contributed by atoms with Crippen LogP contribution >= 0.6 is 0 Å². The van der Waals surface area contributed by atoms with Crippen molar-refractivity contribution in [2.45, 2.75) is 25.4 Å². The summed E-state index contributed by atoms with van der Waals surface area (Å²) in [5.74, 6) is -0.153. The first-order valence-corrected chi connectivity index (χ1v) is 8.01. The summed E-state index contributed by atoms with van der Waals surface area (Å²) in [4.78, 5) is 14.2. The van der Waals surface area contributed by atoms with E-state index in [0.717, 1.165) is 30.5 Å². The van der Waals surface area contributed by atoms with Gasteiger partial charge in [0, 0.05) is 18.7 Å². The summed E-state index contributed by atoms with van der Waals surface area (Å²) < 4.78 is 37.4. The molecule has 4 rings (SSSR count). The molecule has 7 heteroatoms. The fraction of sp³-hybridized carbons (Fsp3) is 0.278. The number of carbonyl (C=O) groups excluding carboxylic acids is 1. The number of hydrogen-bond acceptors (Lipinski definition) is 3. The fourth-order valence-electron chi connectivity index (χ4n) is 2.77. The van der Waals surface area contributed by atoms with Gasteiger partial charge in [0.1, 0.15) is 11.6 Å². The molecule has 0 saturated heterocycles. The molecule has 1 aliphatic heterocycles. The first-order valence-electron chi connectivity index (χ1n) is 8.01. The van der Waals surface area contributed by atoms with Gasteiger partial charge in [0.25, 0.3) is 0 Å². The molecule has 1 N–H and O–H groups in total. The Morgan fingerprint density at radius 1 is 1.12 bits per heavy atom. The summed E-state index contributed by atoms with van der Waals surface area (Å²) in [6.07, 6.45) is 1.81. The smallest absolute Gasteiger partial charge is 0.322 e. The number of amides is 2. The molecule has 0 radical (unpaired) electrons. The highest BCUT2D eigenvalue weighted by Crippen LogP contribution is 2.34. The number of carbonyl (C=O) groups is 1. The van der Waals surface area contributed by atoms with Crippen molar-refractivity contribution in [2.75, 3.05) is 12.1 Å². The molecule has 5 nitrogen and oxygen atoms in total. The second-order valence-electron chi connectivity index (χ2n) is 6.10. The van der Waals surface area contributed by atoms with Crippen molar-refractivity contribution < 1.29 is 23.0 Å². The van der Waals surface area contributed by atoms with Crippen molar-refractivity contribution >= 4 is 11.7 Å². The second kappa shape index (κ2) is 6.23. The summed E-state index contributed by atoms with van der Waals surface area (Å²) in [6.45, 7) is 0.561. The number of nitrogens with one attached hydrogen (secondary N) is 1. The third-order valence-corrected chi connectivity index (χ3v) is 4.21. The number of fused-ring (bicyclic) bond motifs is 1. The largest absolute Gasteiger partial charge is 0.454 e. The predicted octanol–water partition coefficient (Wildman–Crippen LogP) is 3.89. The third kappa shape index (κ3) is 3.35. The zero-order valence-corrected chi connectivity index (χ0v) is 13.3. The number of anilines is 1. The molecule has 1 heterocycles. The topological polar surface area (TPSA) is 50.8 Å². The van der Waals surface area contributed by atoms with Gasteiger partial charge in [0.05, 0.1) is 5.69 Å². The van der Waals surface area contributed by atoms with Crippen LogP contribution in [0.15, 0.2) is 36.4 Å². The highest BCUT2D eigenvalue weighted by molar-refractivity contribution is 5.89. The Balaban J connectivity index is 1.50. The molecular weight excluding hydrogens is 330 g/mol. The summed E-state index contributed by atoms with van der Waals surface area (Å²) in [7, 11) is 0. The van der Waals surface area contributed by atoms with Crippen molar-refractivity contribution in [1.82, 2.24) is 4.90 Å². The third-order valence-electron chi connectivity index (χ3n) is 4.21. The van der Waals surface area contributed by atoms with Crippen LogP contribution < -0.4 is 14.8 Å². The van der Waals surface area contributed by atoms with Gasteiger partial charge in [0.15, 0.2) is 11.5 Å². The summed E-state index contributed by atoms with van der Waals surface area (Å²) in [5, 5.41) is 2.52. The lowest BCUT2D eigenvalue weighted by atomic mass is 10.2. The van der Waals surface area contributed by atoms with Gasteiger partial charge < -0.3 is 19.7 Å². The zero-order valence-electron chi connectivity index (χ0n) is 13.3. The van der Waals surface area contributed by atoms with Gasteiger partial charge in [-0.05, 0) is 42.7 Å². The van der Waals surface area contributed by atoms with Crippen LogP contribution in [-0.4, -0.2) is 23.8 Å². The predicted molar refractivity (Wildman–Crippen MR) is 86.5 cm³/mol. The average Bonchev–Trinajstić information content (AvgIpc) is 3.32. The Kier molecular flexibility index (Phi) is 3.91. The normalized spacial score (nSPS) is 15.1. The van der Waals surface area contributed by atoms with Crippen LogP contribution in [0.4, 0.5) is 19.3 Å². The maximum Gasteiger partial charge on any atom is 0.322 e. The van der Waals surface area contributed by atoms with Gasteiger partial charge in [0.2, 0.25) is 6.79 Å². The second-order valence-corrected chi connectivity index (χ2v) is 6.10. The molecule has 25 heavy (non-hydrogen) atoms. The fourth-order valence-corrected chi connectivity index (χ4v) is 2.77. The van der Waals surface area contributed by atoms with Crippen LogP contribution in [0, 0.1) is 11.6 Å². The number of rotatable bonds is 4. The lowest BCUT2D eigenvalue weighted by Crippen LogP contribution is -2.36. The van der Waals surface area contributed by atoms with E-state index in [-0.39, 0.29) is 18.5 Å². The molecular formula is C18H16F2N2O3. The van der Waals surface area contributed by atoms with Gasteiger partial charge in [-0.1, -0.05) is 6.07 Å². The van der Waals surface area contributed by atoms with E-state index in [1.54, 1.807) is 11.0 Å². The van der Waals surface area contributed by atoms with Gasteiger partial charge in [-0.3, -0.25) is 0 Å². The van der Waals surface area contributed by atoms with Crippen LogP contribution in [-0.2, 0) is 6.54 Å². The zero-order chi connectivity index (χ0) is 17.4. The van der Waals surface area contributed by atoms with Crippen LogP contribution in [0.2, 0.25) is 0 Å². The van der Waals surface area contributed by atoms with E-state index in [0.29, 0.717) is 18.0 Å². The quantitative estimate of drug-likeness (QED) is 0.914. The molecule has 2 aromatic carbocycles. The van der Waals surface area contributed by atoms with Crippen LogP contribution in [0.25, 0.3) is 0 Å². The molecule has 0 atom stereocenters. The number of urea groups is 1. The molecule has 2 aromatic rings. The molecule has 130 valence electrons. The number of halogens is 2. The summed E-state index contributed by atoms with van der Waals surface area (Å²) >= 11 is 0. The van der Waals surface area contributed by atoms with Crippen molar-refractivity contribution in [3.63, 3.8) is 0 Å². The number of nitrogens with zero attached hydrogens (tertiary/aromatic N) is 1. The molecule has 1 saturated carbocycles. The van der Waals surface area contributed by atoms with Gasteiger partial charge in [-0.25, -0.2) is 13.6 Å². The van der Waals surface area contributed by atoms with Crippen molar-refractivity contribution in [3.8, 4) is 11.5 Å². The van der Waals surface area contributed by atoms with E-state index >= 15 is 0 Å². The number of benzene rings is 2. The van der Waals surface area contributed by atoms with Crippen molar-refractivity contribution in [1.29, 1.82) is 0 Å². The van der Waals surface area contributed by atoms with Crippen LogP contribution in [0.1, 0.15) is 18.4 Å². The van der Waals surface area contributed by atoms with E-state index in [1.165, 1.54) is 6.07 Å². The Morgan fingerprint density at radius 3 is 2.68 bits per heavy atom. The minimum atomic E-state index is -0.799. The number of hydrogen-bond donors (Lipinski definition) is 1. The molecule has 2 aliphatic rings. The van der Waals surface area contributed by atoms with Crippen LogP contribution in [0.5, 0.6) is 11.5 Å². The highest BCUT2D eigenvalue weighted by atomic mass is 19.1. The lowest BCUT2D eigenvalue weighted by Gasteiger charge is -2.23. The van der Waals surface area contributed by atoms with E-state index < -0.39 is 17.7 Å². The average molecular weight is 346 g/mol. The molecule has 1 fully saturated rings. The Hall–Kier alpha value is -2.83. The molecule has 0 spiro atoms. The summed E-state index contributed by atoms with van der Waals surface area (Å²) in [6, 6.07) is 8.29. The van der Waals surface area contributed by atoms with Gasteiger partial charge in [-0.2, -0.15) is 0 Å². The molecule has 2 amide bonds. The Labute approximate surface area is 143 Å². The maximum absolute atomic E-state index is 13.8. The van der Waals surface area contributed by atoms with E-state index in [4.69, 9.17) is 9.47 Å². The summed E-state index contributed by atoms with van der Waals surface area (Å²) in [5.41, 5.74) is 0.855. The lowest BCUT2D eigenvalue weighted by molar-refractivity contribution is 0.174. The Bertz CT molecular complexity index is 824. The first kappa shape index (κ1) is 15.7. The SMILES string of the molecule is O=C(Nc1ccc(F)cc1F)N(Cc1ccc2c(c1)OCO2)C1CC1. The van der Waals surface area contributed by atoms with E-state index in [9.17, 15) is 13.6 Å². The number of ether oxygens (including phenoxy) is 2. The maximum atomic E-state index is 13.8. The van der Waals surface area contributed by atoms with Crippen LogP contribution in [0.3, 0.4) is 0 Å². The molecule has 0 unspecified atom stereocenters. The van der Waals surface area contributed by atoms with Gasteiger partial charge in [-0.15, -0.1) is 0 Å². The molecule has 1 aliphatic carbocycles. The van der Waals surface area contributed by atoms with E-state index in [2.05, 4.69) is 5.32 Å². The highest BCUT2D eigenvalue weighted by Gasteiger charge is 2.33. The van der Waals surface area contributed by atoms with E-state index in [1.807, 2.05) is 12.1 Å². The van der Waals surface area contributed by atoms with Gasteiger partial charge >= 0.3 is 6.03 Å². The molecule has 0 bridgehead atoms. The first-order chi connectivity index (χ1) is 12.1. The standard InChI is InChI=1S/C18H16F2N2O3/c19-12-2-5-15(14(20)8-12)21-18(23)22(13-3-4-13)9-11-1-6-16-17(7-11)25-10-24-16/h1-2,5-8,13H,3-4,9-10H2,(H,21,23). The molecule has 0 aromatic heterocycles. The minimum absolute atomic E-state index is 0.0391. The minimum Gasteiger partial charge on any atom is -0.454 e. The Morgan fingerprint density at radius 2 is 1.92 bits per heavy atom. The van der Waals surface area contributed by atoms with Crippen molar-refractivity contribution in [3.05, 3.63) is 53.6 Å². The van der Waals surface area contributed by atoms with Crippen molar-refractivity contribution in [2.24, 2.45) is 0 Å².